The maximum Gasteiger partial charge on any atom is 0.323 e. The van der Waals surface area contributed by atoms with Crippen molar-refractivity contribution in [3.05, 3.63) is 27.7 Å². The van der Waals surface area contributed by atoms with E-state index in [0.717, 1.165) is 6.07 Å². The van der Waals surface area contributed by atoms with Crippen LogP contribution in [0.5, 0.6) is 5.75 Å². The Morgan fingerprint density at radius 1 is 1.26 bits per heavy atom. The summed E-state index contributed by atoms with van der Waals surface area (Å²) in [5.74, 6) is -4.06. The second kappa shape index (κ2) is 6.50. The summed E-state index contributed by atoms with van der Waals surface area (Å²) >= 11 is 14.2. The van der Waals surface area contributed by atoms with E-state index in [1.54, 1.807) is 6.92 Å². The van der Waals surface area contributed by atoms with Gasteiger partial charge in [-0.15, -0.1) is 0 Å². The van der Waals surface area contributed by atoms with Crippen LogP contribution < -0.4 is 4.74 Å². The maximum absolute atomic E-state index is 13.3. The van der Waals surface area contributed by atoms with Crippen molar-refractivity contribution in [2.75, 3.05) is 6.61 Å². The molecule has 0 spiro atoms. The lowest BCUT2D eigenvalue weighted by molar-refractivity contribution is -0.127. The highest BCUT2D eigenvalue weighted by Crippen LogP contribution is 2.46. The van der Waals surface area contributed by atoms with Crippen LogP contribution in [0.25, 0.3) is 0 Å². The first-order valence-corrected chi connectivity index (χ1v) is 6.80. The molecule has 108 valence electrons. The molecule has 0 heterocycles. The van der Waals surface area contributed by atoms with Crippen LogP contribution in [0.15, 0.2) is 12.1 Å². The largest absolute Gasteiger partial charge is 0.492 e. The normalized spacial score (nSPS) is 13.7. The van der Waals surface area contributed by atoms with Crippen molar-refractivity contribution in [2.45, 2.75) is 24.1 Å². The van der Waals surface area contributed by atoms with E-state index < -0.39 is 17.2 Å². The summed E-state index contributed by atoms with van der Waals surface area (Å²) in [4.78, 5) is -1.94. The van der Waals surface area contributed by atoms with Crippen molar-refractivity contribution < 1.29 is 22.3 Å². The highest BCUT2D eigenvalue weighted by atomic mass is 79.9. The van der Waals surface area contributed by atoms with Crippen molar-refractivity contribution in [3.63, 3.8) is 0 Å². The standard InChI is InChI=1S/C11H9BrCl2F4O/c1-2-19-8-4-6(13)5(3-7(8)14)9(12)11(17,18)10(15)16/h3-4,9-10H,2H2,1H3. The van der Waals surface area contributed by atoms with Crippen LogP contribution in [0.4, 0.5) is 17.6 Å². The third-order valence-corrected chi connectivity index (χ3v) is 3.98. The first kappa shape index (κ1) is 16.9. The summed E-state index contributed by atoms with van der Waals surface area (Å²) in [5, 5.41) is -0.106. The van der Waals surface area contributed by atoms with Gasteiger partial charge in [0.05, 0.1) is 11.6 Å². The van der Waals surface area contributed by atoms with Crippen LogP contribution in [0.3, 0.4) is 0 Å². The van der Waals surface area contributed by atoms with Gasteiger partial charge in [0.2, 0.25) is 0 Å². The summed E-state index contributed by atoms with van der Waals surface area (Å²) in [5.41, 5.74) is -0.222. The molecule has 0 aliphatic heterocycles. The molecule has 0 aliphatic rings. The molecule has 0 N–H and O–H groups in total. The van der Waals surface area contributed by atoms with E-state index in [2.05, 4.69) is 15.9 Å². The van der Waals surface area contributed by atoms with Gasteiger partial charge in [-0.2, -0.15) is 8.78 Å². The summed E-state index contributed by atoms with van der Waals surface area (Å²) < 4.78 is 56.2. The fourth-order valence-corrected chi connectivity index (χ4v) is 2.52. The zero-order valence-corrected chi connectivity index (χ0v) is 12.7. The van der Waals surface area contributed by atoms with Crippen molar-refractivity contribution >= 4 is 39.1 Å². The number of alkyl halides is 5. The minimum absolute atomic E-state index is 0.0239. The monoisotopic (exact) mass is 382 g/mol. The Hall–Kier alpha value is -0.200. The highest BCUT2D eigenvalue weighted by Gasteiger charge is 2.49. The molecule has 0 saturated heterocycles. The first-order chi connectivity index (χ1) is 8.71. The Morgan fingerprint density at radius 3 is 2.32 bits per heavy atom. The molecule has 1 nitrogen and oxygen atoms in total. The topological polar surface area (TPSA) is 9.23 Å². The average molecular weight is 384 g/mol. The molecule has 0 aliphatic carbocycles. The number of ether oxygens (including phenoxy) is 1. The van der Waals surface area contributed by atoms with Crippen molar-refractivity contribution in [1.29, 1.82) is 0 Å². The third kappa shape index (κ3) is 3.67. The van der Waals surface area contributed by atoms with E-state index in [4.69, 9.17) is 27.9 Å². The van der Waals surface area contributed by atoms with Crippen molar-refractivity contribution in [1.82, 2.24) is 0 Å². The molecular formula is C11H9BrCl2F4O. The lowest BCUT2D eigenvalue weighted by Gasteiger charge is -2.23. The van der Waals surface area contributed by atoms with E-state index in [0.29, 0.717) is 6.61 Å². The molecule has 0 saturated carbocycles. The third-order valence-electron chi connectivity index (χ3n) is 2.25. The van der Waals surface area contributed by atoms with Gasteiger partial charge >= 0.3 is 12.3 Å². The van der Waals surface area contributed by atoms with E-state index in [9.17, 15) is 17.6 Å². The number of hydrogen-bond acceptors (Lipinski definition) is 1. The zero-order valence-electron chi connectivity index (χ0n) is 9.57. The lowest BCUT2D eigenvalue weighted by atomic mass is 10.1. The smallest absolute Gasteiger partial charge is 0.323 e. The molecular weight excluding hydrogens is 375 g/mol. The number of rotatable bonds is 5. The van der Waals surface area contributed by atoms with Gasteiger partial charge in [0.1, 0.15) is 10.6 Å². The van der Waals surface area contributed by atoms with Gasteiger partial charge in [-0.3, -0.25) is 0 Å². The SMILES string of the molecule is CCOc1cc(Cl)c(C(Br)C(F)(F)C(F)F)cc1Cl. The molecule has 0 radical (unpaired) electrons. The van der Waals surface area contributed by atoms with Gasteiger partial charge < -0.3 is 4.74 Å². The Balaban J connectivity index is 3.18. The minimum atomic E-state index is -4.26. The van der Waals surface area contributed by atoms with Crippen LogP contribution in [-0.4, -0.2) is 19.0 Å². The minimum Gasteiger partial charge on any atom is -0.492 e. The quantitative estimate of drug-likeness (QED) is 0.466. The number of halogens is 7. The Bertz CT molecular complexity index is 457. The van der Waals surface area contributed by atoms with Gasteiger partial charge in [0.25, 0.3) is 0 Å². The second-order valence-electron chi connectivity index (χ2n) is 3.57. The van der Waals surface area contributed by atoms with Crippen LogP contribution in [0.2, 0.25) is 10.0 Å². The second-order valence-corrected chi connectivity index (χ2v) is 5.31. The summed E-state index contributed by atoms with van der Waals surface area (Å²) in [6.45, 7) is 2.01. The fraction of sp³-hybridized carbons (Fsp3) is 0.455. The van der Waals surface area contributed by atoms with Gasteiger partial charge in [0, 0.05) is 11.1 Å². The fourth-order valence-electron chi connectivity index (χ4n) is 1.32. The van der Waals surface area contributed by atoms with E-state index in [1.165, 1.54) is 6.07 Å². The molecule has 8 heteroatoms. The van der Waals surface area contributed by atoms with Gasteiger partial charge in [-0.1, -0.05) is 39.1 Å². The van der Waals surface area contributed by atoms with Crippen LogP contribution in [-0.2, 0) is 0 Å². The molecule has 0 amide bonds. The van der Waals surface area contributed by atoms with E-state index in [1.807, 2.05) is 0 Å². The molecule has 1 atom stereocenters. The molecule has 1 aromatic rings. The zero-order chi connectivity index (χ0) is 14.8. The molecule has 0 bridgehead atoms. The first-order valence-electron chi connectivity index (χ1n) is 5.13. The molecule has 1 rings (SSSR count). The van der Waals surface area contributed by atoms with Crippen molar-refractivity contribution in [3.8, 4) is 5.75 Å². The Kier molecular flexibility index (Phi) is 5.77. The molecule has 1 unspecified atom stereocenters. The highest BCUT2D eigenvalue weighted by molar-refractivity contribution is 9.09. The Morgan fingerprint density at radius 2 is 1.84 bits per heavy atom. The van der Waals surface area contributed by atoms with Crippen LogP contribution in [0, 0.1) is 0 Å². The van der Waals surface area contributed by atoms with Crippen molar-refractivity contribution in [2.24, 2.45) is 0 Å². The number of benzene rings is 1. The van der Waals surface area contributed by atoms with Crippen LogP contribution >= 0.6 is 39.1 Å². The van der Waals surface area contributed by atoms with Gasteiger partial charge in [-0.05, 0) is 18.6 Å². The van der Waals surface area contributed by atoms with Gasteiger partial charge in [-0.25, -0.2) is 8.78 Å². The summed E-state index contributed by atoms with van der Waals surface area (Å²) in [6.07, 6.45) is -3.82. The van der Waals surface area contributed by atoms with E-state index in [-0.39, 0.29) is 21.4 Å². The van der Waals surface area contributed by atoms with Crippen LogP contribution in [0.1, 0.15) is 17.3 Å². The molecule has 1 aromatic carbocycles. The van der Waals surface area contributed by atoms with E-state index >= 15 is 0 Å². The molecule has 19 heavy (non-hydrogen) atoms. The lowest BCUT2D eigenvalue weighted by Crippen LogP contribution is -2.31. The predicted molar refractivity (Wildman–Crippen MR) is 70.3 cm³/mol. The average Bonchev–Trinajstić information content (AvgIpc) is 2.32. The van der Waals surface area contributed by atoms with Gasteiger partial charge in [0.15, 0.2) is 0 Å². The maximum atomic E-state index is 13.3. The number of hydrogen-bond donors (Lipinski definition) is 0. The molecule has 0 fully saturated rings. The Labute approximate surface area is 126 Å². The predicted octanol–water partition coefficient (Wildman–Crippen LogP) is 5.73. The molecule has 0 aromatic heterocycles. The summed E-state index contributed by atoms with van der Waals surface area (Å²) in [7, 11) is 0. The summed E-state index contributed by atoms with van der Waals surface area (Å²) in [6, 6.07) is 2.31.